The lowest BCUT2D eigenvalue weighted by Crippen LogP contribution is -2.46. The van der Waals surface area contributed by atoms with Gasteiger partial charge in [0.05, 0.1) is 5.60 Å². The average Bonchev–Trinajstić information content (AvgIpc) is 2.80. The molecule has 0 radical (unpaired) electrons. The van der Waals surface area contributed by atoms with Crippen molar-refractivity contribution in [2.45, 2.75) is 58.1 Å². The standard InChI is InChI=1S/C13H28N2O/c1-4-13(16,5-2)11-15(6-3)10-12-8-7-9-14-12/h12,14,16H,4-11H2,1-3H3. The molecule has 1 unspecified atom stereocenters. The van der Waals surface area contributed by atoms with E-state index >= 15 is 0 Å². The predicted octanol–water partition coefficient (Wildman–Crippen LogP) is 1.61. The number of rotatable bonds is 7. The first-order valence-electron chi connectivity index (χ1n) is 6.81. The van der Waals surface area contributed by atoms with E-state index in [1.807, 2.05) is 0 Å². The van der Waals surface area contributed by atoms with Crippen LogP contribution in [0, 0.1) is 0 Å². The molecule has 0 aromatic rings. The molecule has 0 spiro atoms. The lowest BCUT2D eigenvalue weighted by Gasteiger charge is -2.33. The van der Waals surface area contributed by atoms with Crippen LogP contribution in [-0.4, -0.2) is 47.8 Å². The van der Waals surface area contributed by atoms with Gasteiger partial charge in [0.1, 0.15) is 0 Å². The zero-order chi connectivity index (χ0) is 12.0. The van der Waals surface area contributed by atoms with Crippen LogP contribution in [0.5, 0.6) is 0 Å². The lowest BCUT2D eigenvalue weighted by molar-refractivity contribution is -0.00378. The number of likely N-dealkylation sites (N-methyl/N-ethyl adjacent to an activating group) is 1. The van der Waals surface area contributed by atoms with Gasteiger partial charge in [-0.05, 0) is 38.8 Å². The van der Waals surface area contributed by atoms with Crippen LogP contribution in [0.2, 0.25) is 0 Å². The summed E-state index contributed by atoms with van der Waals surface area (Å²) in [4.78, 5) is 2.38. The van der Waals surface area contributed by atoms with E-state index in [1.165, 1.54) is 12.8 Å². The molecule has 96 valence electrons. The third-order valence-corrected chi connectivity index (χ3v) is 3.92. The summed E-state index contributed by atoms with van der Waals surface area (Å²) in [5.74, 6) is 0. The summed E-state index contributed by atoms with van der Waals surface area (Å²) in [6.45, 7) is 10.4. The van der Waals surface area contributed by atoms with Gasteiger partial charge >= 0.3 is 0 Å². The van der Waals surface area contributed by atoms with Gasteiger partial charge < -0.3 is 10.4 Å². The van der Waals surface area contributed by atoms with Crippen molar-refractivity contribution in [1.82, 2.24) is 10.2 Å². The zero-order valence-corrected chi connectivity index (χ0v) is 11.1. The first-order chi connectivity index (χ1) is 7.63. The van der Waals surface area contributed by atoms with Crippen molar-refractivity contribution in [1.29, 1.82) is 0 Å². The second-order valence-corrected chi connectivity index (χ2v) is 5.05. The Bertz CT molecular complexity index is 186. The smallest absolute Gasteiger partial charge is 0.0768 e. The lowest BCUT2D eigenvalue weighted by atomic mass is 9.96. The van der Waals surface area contributed by atoms with Crippen molar-refractivity contribution in [3.8, 4) is 0 Å². The summed E-state index contributed by atoms with van der Waals surface area (Å²) in [5, 5.41) is 13.9. The minimum absolute atomic E-state index is 0.491. The number of nitrogens with one attached hydrogen (secondary N) is 1. The maximum atomic E-state index is 10.3. The fraction of sp³-hybridized carbons (Fsp3) is 1.00. The van der Waals surface area contributed by atoms with Crippen LogP contribution >= 0.6 is 0 Å². The molecule has 1 saturated heterocycles. The summed E-state index contributed by atoms with van der Waals surface area (Å²) in [7, 11) is 0. The summed E-state index contributed by atoms with van der Waals surface area (Å²) in [5.41, 5.74) is -0.491. The largest absolute Gasteiger partial charge is 0.389 e. The fourth-order valence-electron chi connectivity index (χ4n) is 2.42. The quantitative estimate of drug-likeness (QED) is 0.695. The number of aliphatic hydroxyl groups is 1. The van der Waals surface area contributed by atoms with Crippen LogP contribution in [0.4, 0.5) is 0 Å². The minimum atomic E-state index is -0.491. The molecular formula is C13H28N2O. The molecule has 3 heteroatoms. The molecule has 0 saturated carbocycles. The molecule has 1 atom stereocenters. The number of nitrogens with zero attached hydrogens (tertiary/aromatic N) is 1. The molecule has 1 heterocycles. The molecule has 2 N–H and O–H groups in total. The van der Waals surface area contributed by atoms with Crippen molar-refractivity contribution in [2.24, 2.45) is 0 Å². The third kappa shape index (κ3) is 4.04. The van der Waals surface area contributed by atoms with Gasteiger partial charge in [0.25, 0.3) is 0 Å². The molecule has 1 aliphatic heterocycles. The van der Waals surface area contributed by atoms with Crippen LogP contribution in [0.1, 0.15) is 46.5 Å². The summed E-state index contributed by atoms with van der Waals surface area (Å²) < 4.78 is 0. The average molecular weight is 228 g/mol. The van der Waals surface area contributed by atoms with Gasteiger partial charge in [-0.3, -0.25) is 4.90 Å². The minimum Gasteiger partial charge on any atom is -0.389 e. The molecule has 16 heavy (non-hydrogen) atoms. The molecular weight excluding hydrogens is 200 g/mol. The highest BCUT2D eigenvalue weighted by Crippen LogP contribution is 2.17. The van der Waals surface area contributed by atoms with Crippen LogP contribution in [0.15, 0.2) is 0 Å². The van der Waals surface area contributed by atoms with Crippen LogP contribution in [0.25, 0.3) is 0 Å². The molecule has 0 aromatic heterocycles. The van der Waals surface area contributed by atoms with Gasteiger partial charge in [-0.15, -0.1) is 0 Å². The highest BCUT2D eigenvalue weighted by Gasteiger charge is 2.26. The van der Waals surface area contributed by atoms with E-state index in [0.29, 0.717) is 6.04 Å². The van der Waals surface area contributed by atoms with Gasteiger partial charge in [-0.25, -0.2) is 0 Å². The molecule has 1 rings (SSSR count). The SMILES string of the molecule is CCN(CC1CCCN1)CC(O)(CC)CC. The van der Waals surface area contributed by atoms with Crippen LogP contribution in [-0.2, 0) is 0 Å². The third-order valence-electron chi connectivity index (χ3n) is 3.92. The van der Waals surface area contributed by atoms with E-state index in [4.69, 9.17) is 0 Å². The molecule has 0 amide bonds. The Morgan fingerprint density at radius 3 is 2.44 bits per heavy atom. The Labute approximate surface area is 100 Å². The van der Waals surface area contributed by atoms with Gasteiger partial charge in [-0.2, -0.15) is 0 Å². The van der Waals surface area contributed by atoms with Crippen molar-refractivity contribution in [3.63, 3.8) is 0 Å². The van der Waals surface area contributed by atoms with Gasteiger partial charge in [0.2, 0.25) is 0 Å². The Balaban J connectivity index is 2.40. The Hall–Kier alpha value is -0.120. The van der Waals surface area contributed by atoms with E-state index in [2.05, 4.69) is 31.0 Å². The maximum absolute atomic E-state index is 10.3. The van der Waals surface area contributed by atoms with Crippen molar-refractivity contribution in [2.75, 3.05) is 26.2 Å². The van der Waals surface area contributed by atoms with E-state index in [-0.39, 0.29) is 0 Å². The Morgan fingerprint density at radius 1 is 1.31 bits per heavy atom. The molecule has 3 nitrogen and oxygen atoms in total. The first kappa shape index (κ1) is 13.9. The predicted molar refractivity (Wildman–Crippen MR) is 68.7 cm³/mol. The second-order valence-electron chi connectivity index (χ2n) is 5.05. The van der Waals surface area contributed by atoms with E-state index in [0.717, 1.165) is 39.0 Å². The number of hydrogen-bond donors (Lipinski definition) is 2. The zero-order valence-electron chi connectivity index (χ0n) is 11.1. The monoisotopic (exact) mass is 228 g/mol. The molecule has 1 aliphatic rings. The Kier molecular flexibility index (Phi) is 5.73. The van der Waals surface area contributed by atoms with Gasteiger partial charge in [0, 0.05) is 19.1 Å². The van der Waals surface area contributed by atoms with Crippen LogP contribution < -0.4 is 5.32 Å². The Morgan fingerprint density at radius 2 is 2.00 bits per heavy atom. The van der Waals surface area contributed by atoms with E-state index < -0.39 is 5.60 Å². The highest BCUT2D eigenvalue weighted by molar-refractivity contribution is 4.83. The summed E-state index contributed by atoms with van der Waals surface area (Å²) in [6, 6.07) is 0.637. The van der Waals surface area contributed by atoms with Gasteiger partial charge in [-0.1, -0.05) is 20.8 Å². The number of hydrogen-bond acceptors (Lipinski definition) is 3. The normalized spacial score (nSPS) is 21.9. The van der Waals surface area contributed by atoms with E-state index in [1.54, 1.807) is 0 Å². The molecule has 1 fully saturated rings. The topological polar surface area (TPSA) is 35.5 Å². The summed E-state index contributed by atoms with van der Waals surface area (Å²) >= 11 is 0. The first-order valence-corrected chi connectivity index (χ1v) is 6.81. The maximum Gasteiger partial charge on any atom is 0.0768 e. The second kappa shape index (κ2) is 6.58. The molecule has 0 aromatic carbocycles. The van der Waals surface area contributed by atoms with Crippen molar-refractivity contribution < 1.29 is 5.11 Å². The molecule has 0 aliphatic carbocycles. The van der Waals surface area contributed by atoms with Gasteiger partial charge in [0.15, 0.2) is 0 Å². The highest BCUT2D eigenvalue weighted by atomic mass is 16.3. The van der Waals surface area contributed by atoms with Crippen LogP contribution in [0.3, 0.4) is 0 Å². The van der Waals surface area contributed by atoms with Crippen molar-refractivity contribution >= 4 is 0 Å². The summed E-state index contributed by atoms with van der Waals surface area (Å²) in [6.07, 6.45) is 4.28. The molecule has 0 bridgehead atoms. The van der Waals surface area contributed by atoms with Crippen molar-refractivity contribution in [3.05, 3.63) is 0 Å². The van der Waals surface area contributed by atoms with E-state index in [9.17, 15) is 5.11 Å². The fourth-order valence-corrected chi connectivity index (χ4v) is 2.42.